The fraction of sp³-hybridized carbons (Fsp3) is 0. The third kappa shape index (κ3) is 2.98. The third-order valence-corrected chi connectivity index (χ3v) is 4.10. The van der Waals surface area contributed by atoms with Gasteiger partial charge in [0, 0.05) is 11.3 Å². The molecule has 0 radical (unpaired) electrons. The number of para-hydroxylation sites is 2. The highest BCUT2D eigenvalue weighted by atomic mass is 16.1. The van der Waals surface area contributed by atoms with Crippen molar-refractivity contribution in [3.63, 3.8) is 0 Å². The van der Waals surface area contributed by atoms with Gasteiger partial charge in [-0.05, 0) is 48.5 Å². The molecular formula is C21H15N3O2. The minimum Gasteiger partial charge on any atom is -0.322 e. The van der Waals surface area contributed by atoms with Crippen molar-refractivity contribution in [1.29, 1.82) is 0 Å². The second kappa shape index (κ2) is 6.64. The first kappa shape index (κ1) is 15.8. The van der Waals surface area contributed by atoms with Gasteiger partial charge < -0.3 is 5.32 Å². The van der Waals surface area contributed by atoms with E-state index >= 15 is 0 Å². The summed E-state index contributed by atoms with van der Waals surface area (Å²) in [5, 5.41) is 3.39. The van der Waals surface area contributed by atoms with Crippen LogP contribution in [-0.2, 0) is 0 Å². The van der Waals surface area contributed by atoms with Crippen LogP contribution >= 0.6 is 0 Å². The summed E-state index contributed by atoms with van der Waals surface area (Å²) in [6.45, 7) is 0. The normalized spacial score (nSPS) is 10.6. The molecule has 5 heteroatoms. The molecule has 1 aromatic heterocycles. The van der Waals surface area contributed by atoms with Gasteiger partial charge in [0.15, 0.2) is 0 Å². The molecule has 0 unspecified atom stereocenters. The van der Waals surface area contributed by atoms with Crippen LogP contribution < -0.4 is 10.9 Å². The molecule has 0 aliphatic carbocycles. The number of aromatic nitrogens is 2. The molecule has 1 amide bonds. The highest BCUT2D eigenvalue weighted by molar-refractivity contribution is 6.04. The zero-order chi connectivity index (χ0) is 17.9. The molecule has 5 nitrogen and oxygen atoms in total. The predicted octanol–water partition coefficient (Wildman–Crippen LogP) is 3.64. The SMILES string of the molecule is O=C(Nc1ccccc1)c1ccc(-n2cnc3ccccc3c2=O)cc1. The Balaban J connectivity index is 1.63. The molecule has 0 bridgehead atoms. The first-order valence-electron chi connectivity index (χ1n) is 8.15. The lowest BCUT2D eigenvalue weighted by Gasteiger charge is -2.08. The minimum atomic E-state index is -0.202. The molecule has 0 saturated heterocycles. The number of fused-ring (bicyclic) bond motifs is 1. The average molecular weight is 341 g/mol. The summed E-state index contributed by atoms with van der Waals surface area (Å²) in [4.78, 5) is 29.3. The molecule has 0 aliphatic heterocycles. The fourth-order valence-corrected chi connectivity index (χ4v) is 2.75. The molecule has 0 saturated carbocycles. The lowest BCUT2D eigenvalue weighted by molar-refractivity contribution is 0.102. The van der Waals surface area contributed by atoms with Crippen LogP contribution in [0.1, 0.15) is 10.4 Å². The average Bonchev–Trinajstić information content (AvgIpc) is 2.69. The highest BCUT2D eigenvalue weighted by Gasteiger charge is 2.08. The van der Waals surface area contributed by atoms with Gasteiger partial charge in [-0.25, -0.2) is 4.98 Å². The lowest BCUT2D eigenvalue weighted by Crippen LogP contribution is -2.19. The van der Waals surface area contributed by atoms with Crippen LogP contribution in [0, 0.1) is 0 Å². The Morgan fingerprint density at radius 1 is 0.846 bits per heavy atom. The Hall–Kier alpha value is -3.73. The van der Waals surface area contributed by atoms with E-state index in [-0.39, 0.29) is 11.5 Å². The van der Waals surface area contributed by atoms with E-state index in [0.717, 1.165) is 5.69 Å². The molecule has 4 rings (SSSR count). The maximum atomic E-state index is 12.6. The van der Waals surface area contributed by atoms with Crippen molar-refractivity contribution < 1.29 is 4.79 Å². The number of nitrogens with one attached hydrogen (secondary N) is 1. The van der Waals surface area contributed by atoms with Crippen molar-refractivity contribution in [2.75, 3.05) is 5.32 Å². The topological polar surface area (TPSA) is 64.0 Å². The standard InChI is InChI=1S/C21H15N3O2/c25-20(23-16-6-2-1-3-7-16)15-10-12-17(13-11-15)24-14-22-19-9-5-4-8-18(19)21(24)26/h1-14H,(H,23,25). The Morgan fingerprint density at radius 3 is 2.31 bits per heavy atom. The first-order valence-corrected chi connectivity index (χ1v) is 8.15. The van der Waals surface area contributed by atoms with Gasteiger partial charge in [-0.15, -0.1) is 0 Å². The molecule has 0 atom stereocenters. The molecule has 126 valence electrons. The smallest absolute Gasteiger partial charge is 0.265 e. The van der Waals surface area contributed by atoms with Gasteiger partial charge in [-0.2, -0.15) is 0 Å². The van der Waals surface area contributed by atoms with E-state index in [2.05, 4.69) is 10.3 Å². The van der Waals surface area contributed by atoms with Crippen LogP contribution in [0.3, 0.4) is 0 Å². The summed E-state index contributed by atoms with van der Waals surface area (Å²) in [6, 6.07) is 23.3. The Morgan fingerprint density at radius 2 is 1.54 bits per heavy atom. The summed E-state index contributed by atoms with van der Waals surface area (Å²) in [6.07, 6.45) is 1.50. The van der Waals surface area contributed by atoms with Gasteiger partial charge in [0.1, 0.15) is 6.33 Å². The number of rotatable bonds is 3. The van der Waals surface area contributed by atoms with Crippen molar-refractivity contribution in [3.05, 3.63) is 101 Å². The molecule has 0 aliphatic rings. The summed E-state index contributed by atoms with van der Waals surface area (Å²) >= 11 is 0. The molecule has 1 heterocycles. The maximum Gasteiger partial charge on any atom is 0.265 e. The summed E-state index contributed by atoms with van der Waals surface area (Å²) in [7, 11) is 0. The molecule has 3 aromatic carbocycles. The number of hydrogen-bond acceptors (Lipinski definition) is 3. The quantitative estimate of drug-likeness (QED) is 0.619. The number of benzene rings is 3. The Kier molecular flexibility index (Phi) is 4.03. The molecule has 4 aromatic rings. The van der Waals surface area contributed by atoms with Crippen LogP contribution in [0.15, 0.2) is 90.0 Å². The van der Waals surface area contributed by atoms with Crippen LogP contribution in [-0.4, -0.2) is 15.5 Å². The molecular weight excluding hydrogens is 326 g/mol. The van der Waals surface area contributed by atoms with Gasteiger partial charge >= 0.3 is 0 Å². The van der Waals surface area contributed by atoms with Crippen molar-refractivity contribution in [2.45, 2.75) is 0 Å². The maximum absolute atomic E-state index is 12.6. The molecule has 26 heavy (non-hydrogen) atoms. The van der Waals surface area contributed by atoms with Crippen LogP contribution in [0.25, 0.3) is 16.6 Å². The Bertz CT molecular complexity index is 1130. The van der Waals surface area contributed by atoms with E-state index in [1.165, 1.54) is 10.9 Å². The predicted molar refractivity (Wildman–Crippen MR) is 102 cm³/mol. The summed E-state index contributed by atoms with van der Waals surface area (Å²) < 4.78 is 1.47. The van der Waals surface area contributed by atoms with E-state index in [0.29, 0.717) is 22.2 Å². The zero-order valence-corrected chi connectivity index (χ0v) is 13.8. The monoisotopic (exact) mass is 341 g/mol. The zero-order valence-electron chi connectivity index (χ0n) is 13.8. The van der Waals surface area contributed by atoms with Crippen molar-refractivity contribution in [3.8, 4) is 5.69 Å². The molecule has 0 fully saturated rings. The minimum absolute atomic E-state index is 0.142. The van der Waals surface area contributed by atoms with Crippen LogP contribution in [0.5, 0.6) is 0 Å². The lowest BCUT2D eigenvalue weighted by atomic mass is 10.2. The Labute approximate surface area is 149 Å². The van der Waals surface area contributed by atoms with E-state index < -0.39 is 0 Å². The van der Waals surface area contributed by atoms with Gasteiger partial charge in [-0.1, -0.05) is 30.3 Å². The summed E-state index contributed by atoms with van der Waals surface area (Å²) in [5.74, 6) is -0.202. The number of anilines is 1. The van der Waals surface area contributed by atoms with E-state index in [4.69, 9.17) is 0 Å². The van der Waals surface area contributed by atoms with E-state index in [9.17, 15) is 9.59 Å². The fourth-order valence-electron chi connectivity index (χ4n) is 2.75. The molecule has 0 spiro atoms. The first-order chi connectivity index (χ1) is 12.7. The van der Waals surface area contributed by atoms with E-state index in [1.54, 1.807) is 36.4 Å². The largest absolute Gasteiger partial charge is 0.322 e. The highest BCUT2D eigenvalue weighted by Crippen LogP contribution is 2.13. The van der Waals surface area contributed by atoms with Crippen LogP contribution in [0.4, 0.5) is 5.69 Å². The summed E-state index contributed by atoms with van der Waals surface area (Å²) in [5.41, 5.74) is 2.42. The number of nitrogens with zero attached hydrogens (tertiary/aromatic N) is 2. The molecule has 1 N–H and O–H groups in total. The van der Waals surface area contributed by atoms with E-state index in [1.807, 2.05) is 42.5 Å². The van der Waals surface area contributed by atoms with Crippen molar-refractivity contribution in [1.82, 2.24) is 9.55 Å². The van der Waals surface area contributed by atoms with Gasteiger partial charge in [0.2, 0.25) is 0 Å². The number of amides is 1. The van der Waals surface area contributed by atoms with Crippen molar-refractivity contribution >= 4 is 22.5 Å². The third-order valence-electron chi connectivity index (χ3n) is 4.10. The van der Waals surface area contributed by atoms with Gasteiger partial charge in [-0.3, -0.25) is 14.2 Å². The van der Waals surface area contributed by atoms with Crippen LogP contribution in [0.2, 0.25) is 0 Å². The number of hydrogen-bond donors (Lipinski definition) is 1. The van der Waals surface area contributed by atoms with Gasteiger partial charge in [0.25, 0.3) is 11.5 Å². The number of carbonyl (C=O) groups is 1. The second-order valence-corrected chi connectivity index (χ2v) is 5.80. The van der Waals surface area contributed by atoms with Crippen molar-refractivity contribution in [2.24, 2.45) is 0 Å². The number of carbonyl (C=O) groups excluding carboxylic acids is 1. The van der Waals surface area contributed by atoms with Gasteiger partial charge in [0.05, 0.1) is 16.6 Å². The second-order valence-electron chi connectivity index (χ2n) is 5.80.